The van der Waals surface area contributed by atoms with Crippen molar-refractivity contribution >= 4 is 34.7 Å². The fourth-order valence-electron chi connectivity index (χ4n) is 2.11. The zero-order valence-corrected chi connectivity index (χ0v) is 14.9. The Morgan fingerprint density at radius 3 is 2.35 bits per heavy atom. The van der Waals surface area contributed by atoms with Gasteiger partial charge in [-0.1, -0.05) is 0 Å². The summed E-state index contributed by atoms with van der Waals surface area (Å²) in [6, 6.07) is 11.4. The van der Waals surface area contributed by atoms with E-state index in [-0.39, 0.29) is 5.91 Å². The number of hydrogen-bond donors (Lipinski definition) is 1. The summed E-state index contributed by atoms with van der Waals surface area (Å²) in [5.74, 6) is 0.376. The number of halogens is 3. The number of aromatic nitrogens is 1. The van der Waals surface area contributed by atoms with Crippen LogP contribution in [0.5, 0.6) is 0 Å². The molecular formula is C18H13F3N2OS2. The molecule has 0 saturated heterocycles. The number of benzene rings is 2. The molecule has 0 atom stereocenters. The lowest BCUT2D eigenvalue weighted by Crippen LogP contribution is -2.12. The molecule has 3 nitrogen and oxygen atoms in total. The number of rotatable bonds is 5. The minimum atomic E-state index is -4.39. The molecule has 3 rings (SSSR count). The maximum atomic E-state index is 12.5. The maximum Gasteiger partial charge on any atom is 0.416 e. The summed E-state index contributed by atoms with van der Waals surface area (Å²) in [4.78, 5) is 17.4. The van der Waals surface area contributed by atoms with Crippen LogP contribution in [-0.4, -0.2) is 10.9 Å². The van der Waals surface area contributed by atoms with Crippen molar-refractivity contribution < 1.29 is 18.0 Å². The fraction of sp³-hybridized carbons (Fsp3) is 0.111. The van der Waals surface area contributed by atoms with Crippen LogP contribution in [0.25, 0.3) is 0 Å². The van der Waals surface area contributed by atoms with E-state index < -0.39 is 11.7 Å². The number of thioether (sulfide) groups is 1. The normalized spacial score (nSPS) is 11.3. The van der Waals surface area contributed by atoms with Crippen LogP contribution in [0, 0.1) is 0 Å². The molecule has 1 amide bonds. The number of nitrogens with zero attached hydrogens (tertiary/aromatic N) is 1. The van der Waals surface area contributed by atoms with E-state index in [1.165, 1.54) is 12.1 Å². The Morgan fingerprint density at radius 1 is 1.08 bits per heavy atom. The van der Waals surface area contributed by atoms with E-state index in [1.807, 2.05) is 17.5 Å². The van der Waals surface area contributed by atoms with Crippen molar-refractivity contribution in [2.75, 3.05) is 5.32 Å². The number of hydrogen-bond acceptors (Lipinski definition) is 4. The molecule has 0 fully saturated rings. The van der Waals surface area contributed by atoms with Gasteiger partial charge >= 0.3 is 6.18 Å². The Bertz CT molecular complexity index is 861. The number of anilines is 1. The third kappa shape index (κ3) is 4.86. The predicted octanol–water partition coefficient (Wildman–Crippen LogP) is 5.71. The Kier molecular flexibility index (Phi) is 5.63. The Morgan fingerprint density at radius 2 is 1.77 bits per heavy atom. The molecule has 1 heterocycles. The SMILES string of the molecule is O=C(Nc1ccc(C(F)(F)F)cc1)c1ccc(SCc2cscn2)cc1. The summed E-state index contributed by atoms with van der Waals surface area (Å²) >= 11 is 3.16. The van der Waals surface area contributed by atoms with Gasteiger partial charge in [0.15, 0.2) is 0 Å². The molecule has 8 heteroatoms. The van der Waals surface area contributed by atoms with Crippen molar-refractivity contribution in [1.82, 2.24) is 4.98 Å². The van der Waals surface area contributed by atoms with Crippen LogP contribution in [-0.2, 0) is 11.9 Å². The van der Waals surface area contributed by atoms with E-state index in [9.17, 15) is 18.0 Å². The molecule has 0 spiro atoms. The average molecular weight is 394 g/mol. The van der Waals surface area contributed by atoms with E-state index in [0.717, 1.165) is 28.5 Å². The first-order chi connectivity index (χ1) is 12.4. The highest BCUT2D eigenvalue weighted by Crippen LogP contribution is 2.30. The number of amides is 1. The second kappa shape index (κ2) is 7.92. The Balaban J connectivity index is 1.59. The van der Waals surface area contributed by atoms with Crippen LogP contribution < -0.4 is 5.32 Å². The predicted molar refractivity (Wildman–Crippen MR) is 97.5 cm³/mol. The van der Waals surface area contributed by atoms with Gasteiger partial charge in [0.2, 0.25) is 0 Å². The molecule has 0 radical (unpaired) electrons. The Hall–Kier alpha value is -2.32. The van der Waals surface area contributed by atoms with Crippen molar-refractivity contribution in [3.05, 3.63) is 76.2 Å². The van der Waals surface area contributed by atoms with Crippen LogP contribution in [0.4, 0.5) is 18.9 Å². The Labute approximate surface area is 156 Å². The van der Waals surface area contributed by atoms with Gasteiger partial charge in [-0.25, -0.2) is 4.98 Å². The van der Waals surface area contributed by atoms with E-state index in [0.29, 0.717) is 11.3 Å². The highest BCUT2D eigenvalue weighted by molar-refractivity contribution is 7.98. The molecule has 0 aliphatic carbocycles. The van der Waals surface area contributed by atoms with Gasteiger partial charge in [0.05, 0.1) is 16.8 Å². The summed E-state index contributed by atoms with van der Waals surface area (Å²) in [6.45, 7) is 0. The first-order valence-corrected chi connectivity index (χ1v) is 9.43. The molecule has 0 saturated carbocycles. The number of carbonyl (C=O) groups excluding carboxylic acids is 1. The average Bonchev–Trinajstić information content (AvgIpc) is 3.13. The molecule has 0 bridgehead atoms. The fourth-order valence-corrected chi connectivity index (χ4v) is 3.58. The first kappa shape index (κ1) is 18.5. The molecule has 1 aromatic heterocycles. The third-order valence-electron chi connectivity index (χ3n) is 3.46. The summed E-state index contributed by atoms with van der Waals surface area (Å²) in [5.41, 5.74) is 2.78. The highest BCUT2D eigenvalue weighted by Gasteiger charge is 2.29. The second-order valence-corrected chi connectivity index (χ2v) is 7.09. The van der Waals surface area contributed by atoms with Gasteiger partial charge < -0.3 is 5.32 Å². The van der Waals surface area contributed by atoms with Crippen LogP contribution in [0.15, 0.2) is 64.3 Å². The quantitative estimate of drug-likeness (QED) is 0.564. The lowest BCUT2D eigenvalue weighted by Gasteiger charge is -2.09. The molecule has 0 aliphatic heterocycles. The standard InChI is InChI=1S/C18H13F3N2OS2/c19-18(20,21)13-3-5-14(6-4-13)23-17(24)12-1-7-16(8-2-12)26-10-15-9-25-11-22-15/h1-9,11H,10H2,(H,23,24). The number of alkyl halides is 3. The smallest absolute Gasteiger partial charge is 0.322 e. The van der Waals surface area contributed by atoms with Crippen molar-refractivity contribution in [1.29, 1.82) is 0 Å². The topological polar surface area (TPSA) is 42.0 Å². The second-order valence-electron chi connectivity index (χ2n) is 5.32. The molecule has 2 aromatic carbocycles. The van der Waals surface area contributed by atoms with E-state index >= 15 is 0 Å². The van der Waals surface area contributed by atoms with Crippen molar-refractivity contribution in [3.63, 3.8) is 0 Å². The van der Waals surface area contributed by atoms with Gasteiger partial charge in [0, 0.05) is 27.3 Å². The molecular weight excluding hydrogens is 381 g/mol. The van der Waals surface area contributed by atoms with E-state index in [1.54, 1.807) is 40.7 Å². The molecule has 3 aromatic rings. The van der Waals surface area contributed by atoms with Gasteiger partial charge in [-0.3, -0.25) is 4.79 Å². The van der Waals surface area contributed by atoms with Crippen LogP contribution >= 0.6 is 23.1 Å². The zero-order chi connectivity index (χ0) is 18.6. The minimum absolute atomic E-state index is 0.310. The van der Waals surface area contributed by atoms with Gasteiger partial charge in [0.1, 0.15) is 0 Å². The summed E-state index contributed by atoms with van der Waals surface area (Å²) in [7, 11) is 0. The van der Waals surface area contributed by atoms with Gasteiger partial charge in [-0.2, -0.15) is 13.2 Å². The number of nitrogens with one attached hydrogen (secondary N) is 1. The summed E-state index contributed by atoms with van der Waals surface area (Å²) in [5, 5.41) is 4.57. The minimum Gasteiger partial charge on any atom is -0.322 e. The lowest BCUT2D eigenvalue weighted by molar-refractivity contribution is -0.137. The van der Waals surface area contributed by atoms with E-state index in [2.05, 4.69) is 10.3 Å². The molecule has 1 N–H and O–H groups in total. The highest BCUT2D eigenvalue weighted by atomic mass is 32.2. The van der Waals surface area contributed by atoms with Gasteiger partial charge in [0.25, 0.3) is 5.91 Å². The van der Waals surface area contributed by atoms with Crippen LogP contribution in [0.2, 0.25) is 0 Å². The van der Waals surface area contributed by atoms with Crippen LogP contribution in [0.3, 0.4) is 0 Å². The monoisotopic (exact) mass is 394 g/mol. The largest absolute Gasteiger partial charge is 0.416 e. The van der Waals surface area contributed by atoms with Crippen LogP contribution in [0.1, 0.15) is 21.6 Å². The number of carbonyl (C=O) groups is 1. The molecule has 0 aliphatic rings. The van der Waals surface area contributed by atoms with Crippen molar-refractivity contribution in [3.8, 4) is 0 Å². The molecule has 26 heavy (non-hydrogen) atoms. The lowest BCUT2D eigenvalue weighted by atomic mass is 10.2. The molecule has 134 valence electrons. The van der Waals surface area contributed by atoms with Crippen molar-refractivity contribution in [2.24, 2.45) is 0 Å². The van der Waals surface area contributed by atoms with Gasteiger partial charge in [-0.05, 0) is 48.5 Å². The van der Waals surface area contributed by atoms with Crippen molar-refractivity contribution in [2.45, 2.75) is 16.8 Å². The summed E-state index contributed by atoms with van der Waals surface area (Å²) in [6.07, 6.45) is -4.39. The summed E-state index contributed by atoms with van der Waals surface area (Å²) < 4.78 is 37.6. The molecule has 0 unspecified atom stereocenters. The van der Waals surface area contributed by atoms with E-state index in [4.69, 9.17) is 0 Å². The zero-order valence-electron chi connectivity index (χ0n) is 13.3. The number of thiazole rings is 1. The van der Waals surface area contributed by atoms with Gasteiger partial charge in [-0.15, -0.1) is 23.1 Å². The maximum absolute atomic E-state index is 12.5. The third-order valence-corrected chi connectivity index (χ3v) is 5.14. The first-order valence-electron chi connectivity index (χ1n) is 7.50.